The minimum atomic E-state index is -4.82. The van der Waals surface area contributed by atoms with Crippen LogP contribution in [0.15, 0.2) is 48.5 Å². The Morgan fingerprint density at radius 3 is 1.17 bits per heavy atom. The Kier molecular flexibility index (Phi) is 4.91. The number of hydrogen-bond acceptors (Lipinski definition) is 2. The maximum absolute atomic E-state index is 13.0. The Morgan fingerprint density at radius 2 is 0.875 bits per heavy atom. The monoisotopic (exact) mass is 350 g/mol. The van der Waals surface area contributed by atoms with Gasteiger partial charge in [-0.3, -0.25) is 0 Å². The SMILES string of the molecule is O[C@@H](c1ccccc1C(F)(F)F)[C@@H](O)c1ccccc1C(F)(F)F. The minimum absolute atomic E-state index is 0.681. The number of halogens is 6. The average molecular weight is 350 g/mol. The maximum Gasteiger partial charge on any atom is 0.416 e. The molecule has 0 saturated carbocycles. The van der Waals surface area contributed by atoms with Crippen LogP contribution in [0.1, 0.15) is 34.5 Å². The predicted octanol–water partition coefficient (Wildman–Crippen LogP) is 4.49. The van der Waals surface area contributed by atoms with Crippen LogP contribution in [0, 0.1) is 0 Å². The Bertz CT molecular complexity index is 647. The van der Waals surface area contributed by atoms with E-state index in [-0.39, 0.29) is 0 Å². The normalized spacial score (nSPS) is 15.2. The van der Waals surface area contributed by atoms with E-state index in [1.165, 1.54) is 12.1 Å². The van der Waals surface area contributed by atoms with Gasteiger partial charge in [0.2, 0.25) is 0 Å². The molecule has 8 heteroatoms. The molecule has 0 aliphatic carbocycles. The van der Waals surface area contributed by atoms with E-state index >= 15 is 0 Å². The van der Waals surface area contributed by atoms with E-state index in [9.17, 15) is 36.6 Å². The van der Waals surface area contributed by atoms with Crippen molar-refractivity contribution in [3.05, 3.63) is 70.8 Å². The molecule has 2 nitrogen and oxygen atoms in total. The highest BCUT2D eigenvalue weighted by atomic mass is 19.4. The second-order valence-corrected chi connectivity index (χ2v) is 5.06. The number of hydrogen-bond donors (Lipinski definition) is 2. The number of benzene rings is 2. The summed E-state index contributed by atoms with van der Waals surface area (Å²) in [4.78, 5) is 0. The molecule has 0 bridgehead atoms. The van der Waals surface area contributed by atoms with Gasteiger partial charge in [0.15, 0.2) is 0 Å². The number of aliphatic hydroxyl groups excluding tert-OH is 2. The molecule has 0 aliphatic rings. The van der Waals surface area contributed by atoms with Gasteiger partial charge in [0.25, 0.3) is 0 Å². The van der Waals surface area contributed by atoms with E-state index in [1.54, 1.807) is 0 Å². The molecular weight excluding hydrogens is 338 g/mol. The van der Waals surface area contributed by atoms with Crippen molar-refractivity contribution in [2.75, 3.05) is 0 Å². The Morgan fingerprint density at radius 1 is 0.583 bits per heavy atom. The number of rotatable bonds is 3. The van der Waals surface area contributed by atoms with Crippen molar-refractivity contribution in [2.24, 2.45) is 0 Å². The van der Waals surface area contributed by atoms with Gasteiger partial charge in [0, 0.05) is 0 Å². The lowest BCUT2D eigenvalue weighted by Crippen LogP contribution is -2.19. The van der Waals surface area contributed by atoms with Crippen LogP contribution in [0.2, 0.25) is 0 Å². The number of alkyl halides is 6. The van der Waals surface area contributed by atoms with Crippen molar-refractivity contribution >= 4 is 0 Å². The first kappa shape index (κ1) is 18.3. The quantitative estimate of drug-likeness (QED) is 0.801. The molecular formula is C16H12F6O2. The van der Waals surface area contributed by atoms with Crippen LogP contribution in [-0.4, -0.2) is 10.2 Å². The zero-order chi connectivity index (χ0) is 18.1. The summed E-state index contributed by atoms with van der Waals surface area (Å²) in [5.41, 5.74) is -3.84. The third-order valence-corrected chi connectivity index (χ3v) is 3.47. The molecule has 0 spiro atoms. The summed E-state index contributed by atoms with van der Waals surface area (Å²) in [5.74, 6) is 0. The molecule has 0 aromatic heterocycles. The summed E-state index contributed by atoms with van der Waals surface area (Å²) < 4.78 is 77.8. The molecule has 0 saturated heterocycles. The highest BCUT2D eigenvalue weighted by Crippen LogP contribution is 2.41. The van der Waals surface area contributed by atoms with Gasteiger partial charge < -0.3 is 10.2 Å². The third-order valence-electron chi connectivity index (χ3n) is 3.47. The lowest BCUT2D eigenvalue weighted by atomic mass is 9.92. The molecule has 130 valence electrons. The van der Waals surface area contributed by atoms with Gasteiger partial charge in [-0.2, -0.15) is 26.3 Å². The van der Waals surface area contributed by atoms with Gasteiger partial charge in [-0.05, 0) is 23.3 Å². The highest BCUT2D eigenvalue weighted by Gasteiger charge is 2.39. The van der Waals surface area contributed by atoms with E-state index in [2.05, 4.69) is 0 Å². The molecule has 0 radical (unpaired) electrons. The fraction of sp³-hybridized carbons (Fsp3) is 0.250. The van der Waals surface area contributed by atoms with Gasteiger partial charge >= 0.3 is 12.4 Å². The topological polar surface area (TPSA) is 40.5 Å². The van der Waals surface area contributed by atoms with Crippen LogP contribution < -0.4 is 0 Å². The molecule has 0 unspecified atom stereocenters. The summed E-state index contributed by atoms with van der Waals surface area (Å²) in [5, 5.41) is 20.1. The first-order chi connectivity index (χ1) is 11.0. The molecule has 0 fully saturated rings. The molecule has 2 aromatic rings. The zero-order valence-electron chi connectivity index (χ0n) is 11.9. The fourth-order valence-electron chi connectivity index (χ4n) is 2.37. The molecule has 2 aromatic carbocycles. The molecule has 0 heterocycles. The third kappa shape index (κ3) is 3.70. The van der Waals surface area contributed by atoms with Crippen LogP contribution >= 0.6 is 0 Å². The summed E-state index contributed by atoms with van der Waals surface area (Å²) in [6.45, 7) is 0. The first-order valence-electron chi connectivity index (χ1n) is 6.72. The molecule has 2 atom stereocenters. The van der Waals surface area contributed by atoms with Crippen molar-refractivity contribution in [1.29, 1.82) is 0 Å². The van der Waals surface area contributed by atoms with Crippen molar-refractivity contribution in [2.45, 2.75) is 24.6 Å². The lowest BCUT2D eigenvalue weighted by molar-refractivity contribution is -0.142. The smallest absolute Gasteiger partial charge is 0.385 e. The Balaban J connectivity index is 2.48. The van der Waals surface area contributed by atoms with Gasteiger partial charge in [-0.15, -0.1) is 0 Å². The maximum atomic E-state index is 13.0. The first-order valence-corrected chi connectivity index (χ1v) is 6.72. The molecule has 24 heavy (non-hydrogen) atoms. The zero-order valence-corrected chi connectivity index (χ0v) is 11.9. The number of aliphatic hydroxyl groups is 2. The standard InChI is InChI=1S/C16H12F6O2/c17-15(18,19)11-7-3-1-5-9(11)13(23)14(24)10-6-2-4-8-12(10)16(20,21)22/h1-8,13-14,23-24H/t13-,14-/m0/s1. The lowest BCUT2D eigenvalue weighted by Gasteiger charge is -2.24. The van der Waals surface area contributed by atoms with Gasteiger partial charge in [0.05, 0.1) is 11.1 Å². The second-order valence-electron chi connectivity index (χ2n) is 5.06. The van der Waals surface area contributed by atoms with Gasteiger partial charge in [-0.25, -0.2) is 0 Å². The van der Waals surface area contributed by atoms with E-state index in [1.807, 2.05) is 0 Å². The van der Waals surface area contributed by atoms with Crippen molar-refractivity contribution < 1.29 is 36.6 Å². The van der Waals surface area contributed by atoms with Crippen molar-refractivity contribution in [3.63, 3.8) is 0 Å². The summed E-state index contributed by atoms with van der Waals surface area (Å²) >= 11 is 0. The van der Waals surface area contributed by atoms with E-state index in [0.29, 0.717) is 12.1 Å². The highest BCUT2D eigenvalue weighted by molar-refractivity contribution is 5.37. The summed E-state index contributed by atoms with van der Waals surface area (Å²) in [7, 11) is 0. The fourth-order valence-corrected chi connectivity index (χ4v) is 2.37. The van der Waals surface area contributed by atoms with Crippen molar-refractivity contribution in [3.8, 4) is 0 Å². The van der Waals surface area contributed by atoms with Crippen LogP contribution in [0.3, 0.4) is 0 Å². The summed E-state index contributed by atoms with van der Waals surface area (Å²) in [6.07, 6.45) is -14.0. The minimum Gasteiger partial charge on any atom is -0.385 e. The second kappa shape index (κ2) is 6.45. The van der Waals surface area contributed by atoms with Crippen LogP contribution in [0.25, 0.3) is 0 Å². The molecule has 2 N–H and O–H groups in total. The average Bonchev–Trinajstić information content (AvgIpc) is 2.52. The van der Waals surface area contributed by atoms with Crippen LogP contribution in [-0.2, 0) is 12.4 Å². The van der Waals surface area contributed by atoms with Crippen molar-refractivity contribution in [1.82, 2.24) is 0 Å². The van der Waals surface area contributed by atoms with E-state index in [4.69, 9.17) is 0 Å². The van der Waals surface area contributed by atoms with E-state index < -0.39 is 46.8 Å². The van der Waals surface area contributed by atoms with Gasteiger partial charge in [-0.1, -0.05) is 36.4 Å². The molecule has 0 amide bonds. The summed E-state index contributed by atoms with van der Waals surface area (Å²) in [6, 6.07) is 7.72. The Labute approximate surface area is 133 Å². The largest absolute Gasteiger partial charge is 0.416 e. The Hall–Kier alpha value is -2.06. The molecule has 2 rings (SSSR count). The van der Waals surface area contributed by atoms with E-state index in [0.717, 1.165) is 24.3 Å². The predicted molar refractivity (Wildman–Crippen MR) is 72.8 cm³/mol. The molecule has 0 aliphatic heterocycles. The van der Waals surface area contributed by atoms with Crippen LogP contribution in [0.5, 0.6) is 0 Å². The van der Waals surface area contributed by atoms with Gasteiger partial charge in [0.1, 0.15) is 12.2 Å². The van der Waals surface area contributed by atoms with Crippen LogP contribution in [0.4, 0.5) is 26.3 Å².